The quantitative estimate of drug-likeness (QED) is 0.347. The predicted molar refractivity (Wildman–Crippen MR) is 126 cm³/mol. The summed E-state index contributed by atoms with van der Waals surface area (Å²) in [6, 6.07) is 8.88. The van der Waals surface area contributed by atoms with Gasteiger partial charge in [0.1, 0.15) is 18.2 Å². The van der Waals surface area contributed by atoms with E-state index in [1.807, 2.05) is 24.5 Å². The molecule has 0 radical (unpaired) electrons. The second-order valence-electron chi connectivity index (χ2n) is 8.32. The zero-order valence-corrected chi connectivity index (χ0v) is 20.0. The van der Waals surface area contributed by atoms with Gasteiger partial charge < -0.3 is 14.8 Å². The van der Waals surface area contributed by atoms with E-state index in [2.05, 4.69) is 10.3 Å². The molecule has 1 amide bonds. The monoisotopic (exact) mass is 474 g/mol. The lowest BCUT2D eigenvalue weighted by molar-refractivity contribution is -0.125. The highest BCUT2D eigenvalue weighted by molar-refractivity contribution is 7.98. The number of carbonyl (C=O) groups excluding carboxylic acids is 2. The van der Waals surface area contributed by atoms with Crippen molar-refractivity contribution in [3.05, 3.63) is 47.9 Å². The van der Waals surface area contributed by atoms with Crippen LogP contribution in [0, 0.1) is 11.7 Å². The van der Waals surface area contributed by atoms with Crippen LogP contribution in [-0.4, -0.2) is 42.7 Å². The number of pyridine rings is 1. The average Bonchev–Trinajstić information content (AvgIpc) is 2.81. The Morgan fingerprint density at radius 2 is 2.00 bits per heavy atom. The van der Waals surface area contributed by atoms with Crippen LogP contribution < -0.4 is 10.1 Å². The van der Waals surface area contributed by atoms with Gasteiger partial charge in [-0.1, -0.05) is 12.5 Å². The molecule has 0 atom stereocenters. The lowest BCUT2D eigenvalue weighted by atomic mass is 9.83. The molecule has 1 N–H and O–H groups in total. The number of aromatic nitrogens is 1. The molecule has 3 rings (SSSR count). The van der Waals surface area contributed by atoms with Gasteiger partial charge in [-0.3, -0.25) is 9.59 Å². The molecule has 0 saturated heterocycles. The number of hydrogen-bond donors (Lipinski definition) is 1. The van der Waals surface area contributed by atoms with E-state index in [0.717, 1.165) is 49.6 Å². The zero-order chi connectivity index (χ0) is 23.6. The van der Waals surface area contributed by atoms with Crippen LogP contribution in [0.25, 0.3) is 0 Å². The highest BCUT2D eigenvalue weighted by atomic mass is 32.2. The first-order valence-corrected chi connectivity index (χ1v) is 12.5. The Balaban J connectivity index is 1.50. The fourth-order valence-electron chi connectivity index (χ4n) is 4.17. The molecule has 0 aliphatic heterocycles. The summed E-state index contributed by atoms with van der Waals surface area (Å²) in [5.74, 6) is 0.421. The van der Waals surface area contributed by atoms with Crippen molar-refractivity contribution < 1.29 is 23.5 Å². The number of ether oxygens (including phenoxy) is 2. The van der Waals surface area contributed by atoms with E-state index >= 15 is 0 Å². The molecule has 1 fully saturated rings. The number of rotatable bonds is 11. The molecule has 0 bridgehead atoms. The van der Waals surface area contributed by atoms with E-state index in [1.54, 1.807) is 17.8 Å². The van der Waals surface area contributed by atoms with Crippen molar-refractivity contribution in [3.63, 3.8) is 0 Å². The van der Waals surface area contributed by atoms with Gasteiger partial charge in [-0.05, 0) is 68.5 Å². The van der Waals surface area contributed by atoms with E-state index < -0.39 is 5.82 Å². The number of nitrogens with one attached hydrogen (secondary N) is 1. The van der Waals surface area contributed by atoms with Crippen LogP contribution in [0.15, 0.2) is 41.4 Å². The highest BCUT2D eigenvalue weighted by Gasteiger charge is 2.23. The molecule has 0 spiro atoms. The summed E-state index contributed by atoms with van der Waals surface area (Å²) in [6.07, 6.45) is 8.92. The third kappa shape index (κ3) is 7.82. The molecule has 1 aliphatic carbocycles. The smallest absolute Gasteiger partial charge is 0.246 e. The fourth-order valence-corrected chi connectivity index (χ4v) is 4.61. The second kappa shape index (κ2) is 12.7. The topological polar surface area (TPSA) is 77.5 Å². The molecule has 178 valence electrons. The molecule has 1 aliphatic rings. The Kier molecular flexibility index (Phi) is 9.69. The van der Waals surface area contributed by atoms with Gasteiger partial charge in [0.25, 0.3) is 0 Å². The van der Waals surface area contributed by atoms with Gasteiger partial charge in [0.2, 0.25) is 11.8 Å². The molecule has 6 nitrogen and oxygen atoms in total. The van der Waals surface area contributed by atoms with E-state index in [-0.39, 0.29) is 35.8 Å². The minimum atomic E-state index is -0.558. The summed E-state index contributed by atoms with van der Waals surface area (Å²) in [4.78, 5) is 29.6. The number of carbonyl (C=O) groups is 2. The predicted octanol–water partition coefficient (Wildman–Crippen LogP) is 5.41. The molecule has 33 heavy (non-hydrogen) atoms. The van der Waals surface area contributed by atoms with Gasteiger partial charge in [-0.15, -0.1) is 11.8 Å². The first-order chi connectivity index (χ1) is 16.0. The maximum Gasteiger partial charge on any atom is 0.246 e. The largest absolute Gasteiger partial charge is 0.438 e. The van der Waals surface area contributed by atoms with Crippen LogP contribution >= 0.6 is 11.8 Å². The Morgan fingerprint density at radius 1 is 1.21 bits per heavy atom. The molecular weight excluding hydrogens is 443 g/mol. The van der Waals surface area contributed by atoms with E-state index in [9.17, 15) is 14.0 Å². The molecule has 1 aromatic heterocycles. The number of thioether (sulfide) groups is 1. The Bertz CT molecular complexity index is 948. The Hall–Kier alpha value is -2.45. The van der Waals surface area contributed by atoms with Crippen LogP contribution in [0.1, 0.15) is 55.3 Å². The number of amides is 1. The fraction of sp³-hybridized carbons (Fsp3) is 0.480. The highest BCUT2D eigenvalue weighted by Crippen LogP contribution is 2.30. The van der Waals surface area contributed by atoms with Crippen LogP contribution in [0.5, 0.6) is 11.6 Å². The summed E-state index contributed by atoms with van der Waals surface area (Å²) in [7, 11) is 1.51. The number of benzene rings is 1. The van der Waals surface area contributed by atoms with Crippen molar-refractivity contribution in [3.8, 4) is 11.6 Å². The third-order valence-electron chi connectivity index (χ3n) is 5.88. The maximum absolute atomic E-state index is 13.8. The molecule has 1 aromatic carbocycles. The van der Waals surface area contributed by atoms with Gasteiger partial charge in [0.15, 0.2) is 5.78 Å². The van der Waals surface area contributed by atoms with Crippen LogP contribution in [0.3, 0.4) is 0 Å². The Morgan fingerprint density at radius 3 is 2.73 bits per heavy atom. The molecule has 1 saturated carbocycles. The SMILES string of the molecule is COCC(=O)NC1CCC(CCCC(=O)c2cc(F)cnc2Oc2cccc(SC)c2)CC1. The van der Waals surface area contributed by atoms with Gasteiger partial charge in [-0.25, -0.2) is 9.37 Å². The summed E-state index contributed by atoms with van der Waals surface area (Å²) in [5, 5.41) is 3.00. The summed E-state index contributed by atoms with van der Waals surface area (Å²) in [6.45, 7) is 0.0890. The summed E-state index contributed by atoms with van der Waals surface area (Å²) < 4.78 is 24.5. The first kappa shape index (κ1) is 25.2. The number of halogens is 1. The van der Waals surface area contributed by atoms with Crippen molar-refractivity contribution in [2.45, 2.75) is 55.9 Å². The standard InChI is InChI=1S/C25H31FN2O4S/c1-31-16-24(30)28-19-11-9-17(10-12-19)5-3-8-23(29)22-13-18(26)15-27-25(22)32-20-6-4-7-21(14-20)33-2/h4,6-7,13-15,17,19H,3,5,8-12,16H2,1-2H3,(H,28,30). The lowest BCUT2D eigenvalue weighted by Crippen LogP contribution is -2.39. The van der Waals surface area contributed by atoms with Crippen LogP contribution in [0.4, 0.5) is 4.39 Å². The van der Waals surface area contributed by atoms with E-state index in [4.69, 9.17) is 9.47 Å². The van der Waals surface area contributed by atoms with E-state index in [1.165, 1.54) is 13.2 Å². The maximum atomic E-state index is 13.8. The normalized spacial score (nSPS) is 18.0. The number of ketones is 1. The first-order valence-electron chi connectivity index (χ1n) is 11.3. The van der Waals surface area contributed by atoms with Crippen molar-refractivity contribution >= 4 is 23.5 Å². The molecule has 0 unspecified atom stereocenters. The minimum absolute atomic E-state index is 0.0755. The number of Topliss-reactive ketones (excluding diaryl/α,β-unsaturated/α-hetero) is 1. The molecular formula is C25H31FN2O4S. The lowest BCUT2D eigenvalue weighted by Gasteiger charge is -2.29. The third-order valence-corrected chi connectivity index (χ3v) is 6.60. The van der Waals surface area contributed by atoms with Gasteiger partial charge in [0, 0.05) is 24.5 Å². The van der Waals surface area contributed by atoms with Crippen molar-refractivity contribution in [2.24, 2.45) is 5.92 Å². The Labute approximate surface area is 198 Å². The summed E-state index contributed by atoms with van der Waals surface area (Å²) in [5.41, 5.74) is 0.175. The van der Waals surface area contributed by atoms with Crippen LogP contribution in [0.2, 0.25) is 0 Å². The van der Waals surface area contributed by atoms with Gasteiger partial charge in [0.05, 0.1) is 11.8 Å². The van der Waals surface area contributed by atoms with Gasteiger partial charge in [-0.2, -0.15) is 0 Å². The van der Waals surface area contributed by atoms with E-state index in [0.29, 0.717) is 18.1 Å². The second-order valence-corrected chi connectivity index (χ2v) is 9.20. The minimum Gasteiger partial charge on any atom is -0.438 e. The van der Waals surface area contributed by atoms with Crippen molar-refractivity contribution in [2.75, 3.05) is 20.0 Å². The molecule has 2 aromatic rings. The zero-order valence-electron chi connectivity index (χ0n) is 19.1. The van der Waals surface area contributed by atoms with Crippen molar-refractivity contribution in [1.82, 2.24) is 10.3 Å². The van der Waals surface area contributed by atoms with Gasteiger partial charge >= 0.3 is 0 Å². The number of hydrogen-bond acceptors (Lipinski definition) is 6. The molecule has 1 heterocycles. The molecule has 8 heteroatoms. The van der Waals surface area contributed by atoms with Crippen molar-refractivity contribution in [1.29, 1.82) is 0 Å². The van der Waals surface area contributed by atoms with Crippen LogP contribution in [-0.2, 0) is 9.53 Å². The average molecular weight is 475 g/mol. The summed E-state index contributed by atoms with van der Waals surface area (Å²) >= 11 is 1.58. The number of methoxy groups -OCH3 is 1. The number of nitrogens with zero attached hydrogens (tertiary/aromatic N) is 1.